The van der Waals surface area contributed by atoms with Crippen molar-refractivity contribution in [2.24, 2.45) is 0 Å². The van der Waals surface area contributed by atoms with Crippen molar-refractivity contribution >= 4 is 37.5 Å². The zero-order valence-corrected chi connectivity index (χ0v) is 52.2. The van der Waals surface area contributed by atoms with Crippen LogP contribution in [0.3, 0.4) is 0 Å². The van der Waals surface area contributed by atoms with Gasteiger partial charge in [0.25, 0.3) is 0 Å². The van der Waals surface area contributed by atoms with Crippen molar-refractivity contribution < 1.29 is 226 Å². The van der Waals surface area contributed by atoms with Gasteiger partial charge in [-0.1, -0.05) is 157 Å². The van der Waals surface area contributed by atoms with Gasteiger partial charge in [-0.3, -0.25) is 0 Å². The van der Waals surface area contributed by atoms with Crippen LogP contribution in [0.4, 0.5) is 0 Å². The number of allylic oxidation sites excluding steroid dienone is 2. The molecule has 4 atom stereocenters. The van der Waals surface area contributed by atoms with E-state index in [2.05, 4.69) is 48.5 Å². The number of hydrogen-bond donors (Lipinski definition) is 4. The molecule has 6 radical (unpaired) electrons. The molecule has 4 aromatic rings. The summed E-state index contributed by atoms with van der Waals surface area (Å²) in [6.45, 7) is 4.64. The Kier molecular flexibility index (Phi) is 38.4. The Morgan fingerprint density at radius 2 is 0.655 bits per heavy atom. The molecule has 58 heavy (non-hydrogen) atoms. The molecule has 0 bridgehead atoms. The second-order valence-electron chi connectivity index (χ2n) is 12.7. The molecular formula is C44H50O6P2Y6. The van der Waals surface area contributed by atoms with Crippen LogP contribution in [0, 0.1) is 0 Å². The summed E-state index contributed by atoms with van der Waals surface area (Å²) in [5, 5.41) is 45.4. The van der Waals surface area contributed by atoms with Gasteiger partial charge in [0.15, 0.2) is 0 Å². The first-order valence-corrected chi connectivity index (χ1v) is 20.4. The first kappa shape index (κ1) is 63.2. The smallest absolute Gasteiger partial charge is 0.0922 e. The van der Waals surface area contributed by atoms with E-state index in [4.69, 9.17) is 9.05 Å². The Hall–Kier alpha value is 3.08. The van der Waals surface area contributed by atoms with Gasteiger partial charge in [-0.15, -0.1) is 0 Å². The number of benzene rings is 4. The molecule has 0 spiro atoms. The molecule has 4 N–H and O–H groups in total. The third kappa shape index (κ3) is 20.3. The fourth-order valence-electron chi connectivity index (χ4n) is 6.49. The first-order chi connectivity index (χ1) is 25.4. The summed E-state index contributed by atoms with van der Waals surface area (Å²) in [7, 11) is -1.79. The zero-order chi connectivity index (χ0) is 36.7. The summed E-state index contributed by atoms with van der Waals surface area (Å²) in [5.74, 6) is 0. The van der Waals surface area contributed by atoms with E-state index in [1.807, 2.05) is 111 Å². The van der Waals surface area contributed by atoms with Gasteiger partial charge in [0.1, 0.15) is 0 Å². The van der Waals surface area contributed by atoms with Crippen LogP contribution in [0.5, 0.6) is 0 Å². The van der Waals surface area contributed by atoms with Crippen molar-refractivity contribution in [3.8, 4) is 0 Å². The maximum Gasteiger partial charge on any atom is 0.0922 e. The van der Waals surface area contributed by atoms with E-state index < -0.39 is 40.7 Å². The molecule has 2 aliphatic carbocycles. The van der Waals surface area contributed by atoms with Gasteiger partial charge in [0, 0.05) is 217 Å². The van der Waals surface area contributed by atoms with Gasteiger partial charge < -0.3 is 29.5 Å². The summed E-state index contributed by atoms with van der Waals surface area (Å²) < 4.78 is 12.5. The average molecular weight is 1270 g/mol. The van der Waals surface area contributed by atoms with Gasteiger partial charge in [0.05, 0.1) is 53.9 Å². The predicted octanol–water partition coefficient (Wildman–Crippen LogP) is 6.86. The van der Waals surface area contributed by atoms with E-state index in [0.29, 0.717) is 38.9 Å². The summed E-state index contributed by atoms with van der Waals surface area (Å²) in [6.07, 6.45) is 7.52. The van der Waals surface area contributed by atoms with Crippen molar-refractivity contribution in [3.05, 3.63) is 168 Å². The van der Waals surface area contributed by atoms with Crippen LogP contribution in [0.25, 0.3) is 0 Å². The minimum absolute atomic E-state index is 0. The van der Waals surface area contributed by atoms with Crippen LogP contribution >= 0.6 is 16.3 Å². The van der Waals surface area contributed by atoms with Gasteiger partial charge in [-0.05, 0) is 50.7 Å². The average Bonchev–Trinajstić information content (AvgIpc) is 3.17. The molecule has 0 unspecified atom stereocenters. The van der Waals surface area contributed by atoms with E-state index in [1.54, 1.807) is 0 Å². The number of aliphatic hydroxyl groups is 4. The molecule has 0 saturated heterocycles. The monoisotopic (exact) mass is 1270 g/mol. The maximum absolute atomic E-state index is 10.2. The standard InChI is InChI=1S/2C22H25O3P.6Y/c2*1-2-20-21(23)15-17(16-22(20)24)13-14-25-26(18-9-5-3-6-10-18)19-11-7-4-8-12-19;;;;;;/h2*2-13,21-24H,14-16H2,1H3;;;;;;/t2*21-,22-;;;;;;/m11....../s1. The second-order valence-corrected chi connectivity index (χ2v) is 16.5. The Labute approximate surface area is 499 Å². The van der Waals surface area contributed by atoms with E-state index in [-0.39, 0.29) is 196 Å². The molecular weight excluding hydrogens is 1220 g/mol. The molecule has 0 amide bonds. The molecule has 4 aromatic carbocycles. The Morgan fingerprint density at radius 3 is 0.862 bits per heavy atom. The molecule has 2 aliphatic rings. The van der Waals surface area contributed by atoms with Gasteiger partial charge >= 0.3 is 0 Å². The summed E-state index contributed by atoms with van der Waals surface area (Å²) >= 11 is 0. The minimum atomic E-state index is -0.893. The molecule has 0 heterocycles. The summed E-state index contributed by atoms with van der Waals surface area (Å²) in [4.78, 5) is 0. The first-order valence-electron chi connectivity index (χ1n) is 17.8. The van der Waals surface area contributed by atoms with E-state index >= 15 is 0 Å². The van der Waals surface area contributed by atoms with Crippen LogP contribution in [0.15, 0.2) is 168 Å². The van der Waals surface area contributed by atoms with Gasteiger partial charge in [-0.25, -0.2) is 0 Å². The third-order valence-electron chi connectivity index (χ3n) is 9.14. The van der Waals surface area contributed by atoms with Crippen molar-refractivity contribution in [1.29, 1.82) is 0 Å². The quantitative estimate of drug-likeness (QED) is 0.102. The molecule has 6 rings (SSSR count). The van der Waals surface area contributed by atoms with E-state index in [1.165, 1.54) is 21.2 Å². The Balaban J connectivity index is 0. The van der Waals surface area contributed by atoms with Crippen molar-refractivity contribution in [2.75, 3.05) is 13.2 Å². The fourth-order valence-corrected chi connectivity index (χ4v) is 9.90. The summed E-state index contributed by atoms with van der Waals surface area (Å²) in [5.41, 5.74) is 3.54. The van der Waals surface area contributed by atoms with Gasteiger partial charge in [0.2, 0.25) is 0 Å². The van der Waals surface area contributed by atoms with E-state index in [9.17, 15) is 20.4 Å². The molecule has 14 heteroatoms. The largest absolute Gasteiger partial charge is 0.388 e. The van der Waals surface area contributed by atoms with Crippen LogP contribution in [-0.2, 0) is 205 Å². The number of rotatable bonds is 10. The Bertz CT molecular complexity index is 1560. The van der Waals surface area contributed by atoms with Crippen LogP contribution in [-0.4, -0.2) is 58.1 Å². The molecule has 290 valence electrons. The SMILES string of the molecule is CC=C1[C@H](O)CC(=CCOP(c2ccccc2)c2ccccc2)C[C@H]1O.CC=C1[C@H](O)CC(=CCOP(c2ccccc2)c2ccccc2)C[C@H]1O.[Y].[Y].[Y].[Y].[Y].[Y]. The number of hydrogen-bond acceptors (Lipinski definition) is 6. The van der Waals surface area contributed by atoms with Crippen LogP contribution < -0.4 is 21.2 Å². The third-order valence-corrected chi connectivity index (χ3v) is 13.0. The maximum atomic E-state index is 10.2. The number of aliphatic hydroxyl groups excluding tert-OH is 4. The minimum Gasteiger partial charge on any atom is -0.388 e. The van der Waals surface area contributed by atoms with E-state index in [0.717, 1.165) is 22.3 Å². The van der Waals surface area contributed by atoms with Gasteiger partial charge in [-0.2, -0.15) is 0 Å². The van der Waals surface area contributed by atoms with Crippen molar-refractivity contribution in [2.45, 2.75) is 63.9 Å². The normalized spacial score (nSPS) is 18.2. The van der Waals surface area contributed by atoms with Crippen molar-refractivity contribution in [1.82, 2.24) is 0 Å². The van der Waals surface area contributed by atoms with Crippen LogP contribution in [0.2, 0.25) is 0 Å². The summed E-state index contributed by atoms with van der Waals surface area (Å²) in [6, 6.07) is 41.0. The van der Waals surface area contributed by atoms with Crippen molar-refractivity contribution in [3.63, 3.8) is 0 Å². The molecule has 2 fully saturated rings. The topological polar surface area (TPSA) is 99.4 Å². The molecule has 6 nitrogen and oxygen atoms in total. The van der Waals surface area contributed by atoms with Crippen LogP contribution in [0.1, 0.15) is 39.5 Å². The fraction of sp³-hybridized carbons (Fsp3) is 0.273. The molecule has 0 aromatic heterocycles. The Morgan fingerprint density at radius 1 is 0.431 bits per heavy atom. The second kappa shape index (κ2) is 35.3. The molecule has 0 aliphatic heterocycles. The predicted molar refractivity (Wildman–Crippen MR) is 216 cm³/mol. The zero-order valence-electron chi connectivity index (χ0n) is 33.4. The molecule has 2 saturated carbocycles.